The number of amidine groups is 2. The zero-order valence-corrected chi connectivity index (χ0v) is 14.6. The summed E-state index contributed by atoms with van der Waals surface area (Å²) in [6.45, 7) is 2.24. The van der Waals surface area contributed by atoms with Gasteiger partial charge in [0.15, 0.2) is 18.4 Å². The van der Waals surface area contributed by atoms with Crippen molar-refractivity contribution in [3.05, 3.63) is 0 Å². The van der Waals surface area contributed by atoms with Gasteiger partial charge < -0.3 is 35.1 Å². The molecule has 2 unspecified atom stereocenters. The lowest BCUT2D eigenvalue weighted by Crippen LogP contribution is -2.56. The van der Waals surface area contributed by atoms with Gasteiger partial charge >= 0.3 is 0 Å². The standard InChI is InChI=1S/C14H21ClN6O5/c15-14-17-11(19-20-1-3-25-4-2-20)8-12(18-14)21(6-16-8)13-10(24)9(23)7(5-22)26-13/h6-10,12-13,22-24H,1-5H2,(H,17,18,19)/t7-,8?,9-,10-,12?,13-/m1/s1. The molecule has 4 aliphatic heterocycles. The molecular weight excluding hydrogens is 368 g/mol. The maximum atomic E-state index is 10.3. The zero-order valence-electron chi connectivity index (χ0n) is 13.8. The van der Waals surface area contributed by atoms with E-state index in [0.717, 1.165) is 0 Å². The normalized spacial score (nSPS) is 40.4. The van der Waals surface area contributed by atoms with E-state index in [1.807, 2.05) is 5.01 Å². The molecule has 2 saturated heterocycles. The molecule has 0 aromatic heterocycles. The number of hydrogen-bond donors (Lipinski definition) is 4. The molecule has 144 valence electrons. The first-order chi connectivity index (χ1) is 12.6. The minimum absolute atomic E-state index is 0.0595. The summed E-state index contributed by atoms with van der Waals surface area (Å²) in [5, 5.41) is 31.5. The van der Waals surface area contributed by atoms with Gasteiger partial charge in [-0.1, -0.05) is 0 Å². The summed E-state index contributed by atoms with van der Waals surface area (Å²) in [4.78, 5) is 14.6. The molecule has 4 heterocycles. The first-order valence-corrected chi connectivity index (χ1v) is 8.80. The highest BCUT2D eigenvalue weighted by molar-refractivity contribution is 6.65. The number of rotatable bonds is 3. The van der Waals surface area contributed by atoms with E-state index in [9.17, 15) is 15.3 Å². The van der Waals surface area contributed by atoms with Crippen molar-refractivity contribution in [2.45, 2.75) is 36.7 Å². The van der Waals surface area contributed by atoms with Gasteiger partial charge in [0.2, 0.25) is 5.29 Å². The van der Waals surface area contributed by atoms with E-state index in [2.05, 4.69) is 20.4 Å². The summed E-state index contributed by atoms with van der Waals surface area (Å²) in [7, 11) is 0. The van der Waals surface area contributed by atoms with Crippen molar-refractivity contribution in [3.63, 3.8) is 0 Å². The molecule has 0 bridgehead atoms. The number of hydrazine groups is 1. The predicted molar refractivity (Wildman–Crippen MR) is 91.9 cm³/mol. The molecule has 2 fully saturated rings. The third-order valence-electron chi connectivity index (χ3n) is 4.77. The second kappa shape index (κ2) is 7.35. The Hall–Kier alpha value is -1.34. The Bertz CT molecular complexity index is 627. The fraction of sp³-hybridized carbons (Fsp3) is 0.786. The van der Waals surface area contributed by atoms with E-state index >= 15 is 0 Å². The van der Waals surface area contributed by atoms with Gasteiger partial charge in [0.05, 0.1) is 26.2 Å². The van der Waals surface area contributed by atoms with Crippen LogP contribution in [0.15, 0.2) is 15.0 Å². The molecule has 0 aliphatic carbocycles. The zero-order chi connectivity index (χ0) is 18.3. The molecule has 0 saturated carbocycles. The average molecular weight is 389 g/mol. The minimum Gasteiger partial charge on any atom is -0.394 e. The van der Waals surface area contributed by atoms with Crippen molar-refractivity contribution in [3.8, 4) is 0 Å². The number of ether oxygens (including phenoxy) is 2. The maximum Gasteiger partial charge on any atom is 0.221 e. The molecule has 12 heteroatoms. The van der Waals surface area contributed by atoms with Crippen LogP contribution >= 0.6 is 11.6 Å². The molecule has 4 aliphatic rings. The molecule has 0 amide bonds. The van der Waals surface area contributed by atoms with Crippen molar-refractivity contribution < 1.29 is 24.8 Å². The van der Waals surface area contributed by atoms with Gasteiger partial charge in [-0.25, -0.2) is 15.0 Å². The van der Waals surface area contributed by atoms with Crippen LogP contribution in [0.4, 0.5) is 0 Å². The smallest absolute Gasteiger partial charge is 0.221 e. The highest BCUT2D eigenvalue weighted by Crippen LogP contribution is 2.30. The maximum absolute atomic E-state index is 10.3. The number of fused-ring (bicyclic) bond motifs is 1. The van der Waals surface area contributed by atoms with E-state index in [-0.39, 0.29) is 5.29 Å². The van der Waals surface area contributed by atoms with Crippen LogP contribution in [0.5, 0.6) is 0 Å². The first-order valence-electron chi connectivity index (χ1n) is 8.43. The van der Waals surface area contributed by atoms with Gasteiger partial charge in [-0.2, -0.15) is 0 Å². The molecule has 11 nitrogen and oxygen atoms in total. The van der Waals surface area contributed by atoms with Crippen molar-refractivity contribution >= 4 is 29.1 Å². The molecule has 0 radical (unpaired) electrons. The van der Waals surface area contributed by atoms with Crippen molar-refractivity contribution in [1.82, 2.24) is 15.3 Å². The lowest BCUT2D eigenvalue weighted by molar-refractivity contribution is -0.0779. The highest BCUT2D eigenvalue weighted by Gasteiger charge is 2.50. The van der Waals surface area contributed by atoms with E-state index in [1.165, 1.54) is 6.34 Å². The van der Waals surface area contributed by atoms with Crippen LogP contribution in [0.2, 0.25) is 0 Å². The number of nitrogens with one attached hydrogen (secondary N) is 1. The van der Waals surface area contributed by atoms with Crippen molar-refractivity contribution in [1.29, 1.82) is 0 Å². The Kier molecular flexibility index (Phi) is 5.10. The van der Waals surface area contributed by atoms with E-state index in [1.54, 1.807) is 4.90 Å². The number of morpholine rings is 1. The number of aliphatic imine (C=N–C) groups is 3. The monoisotopic (exact) mass is 388 g/mol. The highest BCUT2D eigenvalue weighted by atomic mass is 35.5. The van der Waals surface area contributed by atoms with Crippen LogP contribution in [0.3, 0.4) is 0 Å². The van der Waals surface area contributed by atoms with Crippen LogP contribution in [0.1, 0.15) is 0 Å². The van der Waals surface area contributed by atoms with E-state index < -0.39 is 43.4 Å². The number of hydrogen-bond acceptors (Lipinski definition) is 11. The van der Waals surface area contributed by atoms with Crippen LogP contribution < -0.4 is 5.43 Å². The lowest BCUT2D eigenvalue weighted by Gasteiger charge is -2.35. The Morgan fingerprint density at radius 2 is 2.04 bits per heavy atom. The average Bonchev–Trinajstić information content (AvgIpc) is 3.17. The Morgan fingerprint density at radius 1 is 1.27 bits per heavy atom. The Labute approximate surface area is 154 Å². The van der Waals surface area contributed by atoms with Crippen molar-refractivity contribution in [2.75, 3.05) is 32.9 Å². The molecule has 6 atom stereocenters. The summed E-state index contributed by atoms with van der Waals surface area (Å²) in [5.41, 5.74) is 3.22. The summed E-state index contributed by atoms with van der Waals surface area (Å²) in [6, 6.07) is -0.443. The Morgan fingerprint density at radius 3 is 2.73 bits per heavy atom. The fourth-order valence-corrected chi connectivity index (χ4v) is 3.57. The second-order valence-electron chi connectivity index (χ2n) is 6.41. The molecule has 4 N–H and O–H groups in total. The van der Waals surface area contributed by atoms with Crippen LogP contribution in [-0.4, -0.2) is 112 Å². The van der Waals surface area contributed by atoms with Gasteiger partial charge in [-0.05, 0) is 11.6 Å². The molecule has 26 heavy (non-hydrogen) atoms. The topological polar surface area (TPSA) is 135 Å². The Balaban J connectivity index is 1.50. The summed E-state index contributed by atoms with van der Waals surface area (Å²) < 4.78 is 10.9. The van der Waals surface area contributed by atoms with Gasteiger partial charge in [-0.15, -0.1) is 0 Å². The number of aliphatic hydroxyl groups is 3. The predicted octanol–water partition coefficient (Wildman–Crippen LogP) is -2.69. The first kappa shape index (κ1) is 18.0. The molecule has 0 aromatic carbocycles. The van der Waals surface area contributed by atoms with Gasteiger partial charge in [0, 0.05) is 13.1 Å². The van der Waals surface area contributed by atoms with Gasteiger partial charge in [-0.3, -0.25) is 4.99 Å². The number of aliphatic hydroxyl groups excluding tert-OH is 3. The minimum atomic E-state index is -1.21. The number of halogens is 1. The summed E-state index contributed by atoms with van der Waals surface area (Å²) >= 11 is 6.09. The summed E-state index contributed by atoms with van der Waals surface area (Å²) in [5.74, 6) is 0.544. The third-order valence-corrected chi connectivity index (χ3v) is 4.96. The van der Waals surface area contributed by atoms with Crippen LogP contribution in [-0.2, 0) is 9.47 Å². The SMILES string of the molecule is OC[C@H]1O[C@@H](N2C=NC3C(NN4CCOCC4)=NC(Cl)=NC32)[C@H](O)[C@@H]1O. The molecule has 0 spiro atoms. The van der Waals surface area contributed by atoms with E-state index in [0.29, 0.717) is 32.1 Å². The van der Waals surface area contributed by atoms with Crippen molar-refractivity contribution in [2.24, 2.45) is 15.0 Å². The van der Waals surface area contributed by atoms with E-state index in [4.69, 9.17) is 21.1 Å². The summed E-state index contributed by atoms with van der Waals surface area (Å²) in [6.07, 6.45) is -3.22. The second-order valence-corrected chi connectivity index (χ2v) is 6.74. The van der Waals surface area contributed by atoms with Gasteiger partial charge in [0.25, 0.3) is 0 Å². The van der Waals surface area contributed by atoms with Gasteiger partial charge in [0.1, 0.15) is 24.1 Å². The van der Waals surface area contributed by atoms with Crippen LogP contribution in [0, 0.1) is 0 Å². The largest absolute Gasteiger partial charge is 0.394 e. The fourth-order valence-electron chi connectivity index (χ4n) is 3.38. The van der Waals surface area contributed by atoms with Crippen LogP contribution in [0.25, 0.3) is 0 Å². The molecule has 4 rings (SSSR count). The lowest BCUT2D eigenvalue weighted by atomic mass is 10.1. The third kappa shape index (κ3) is 3.20. The molecular formula is C14H21ClN6O5. The quantitative estimate of drug-likeness (QED) is 0.384. The number of nitrogens with zero attached hydrogens (tertiary/aromatic N) is 5. The molecule has 0 aromatic rings.